The van der Waals surface area contributed by atoms with Crippen LogP contribution >= 0.6 is 0 Å². The number of hydrogen-bond donors (Lipinski definition) is 0. The topological polar surface area (TPSA) is 59.8 Å². The van der Waals surface area contributed by atoms with E-state index in [4.69, 9.17) is 4.74 Å². The van der Waals surface area contributed by atoms with Crippen LogP contribution in [0.2, 0.25) is 0 Å². The monoisotopic (exact) mass is 466 g/mol. The summed E-state index contributed by atoms with van der Waals surface area (Å²) >= 11 is 0. The molecule has 6 nitrogen and oxygen atoms in total. The fourth-order valence-corrected chi connectivity index (χ4v) is 5.65. The van der Waals surface area contributed by atoms with Crippen LogP contribution in [0.3, 0.4) is 0 Å². The van der Waals surface area contributed by atoms with Gasteiger partial charge in [-0.2, -0.15) is 5.26 Å². The summed E-state index contributed by atoms with van der Waals surface area (Å²) in [6, 6.07) is 19.8. The average molecular weight is 467 g/mol. The number of carbonyl (C=O) groups excluding carboxylic acids is 1. The molecule has 2 heterocycles. The van der Waals surface area contributed by atoms with Gasteiger partial charge in [-0.05, 0) is 45.9 Å². The Balaban J connectivity index is 1.83. The second-order valence-corrected chi connectivity index (χ2v) is 8.80. The van der Waals surface area contributed by atoms with Gasteiger partial charge in [-0.15, -0.1) is 0 Å². The van der Waals surface area contributed by atoms with E-state index < -0.39 is 5.54 Å². The number of fused-ring (bicyclic) bond motifs is 6. The quantitative estimate of drug-likeness (QED) is 0.435. The van der Waals surface area contributed by atoms with Gasteiger partial charge in [0.15, 0.2) is 6.19 Å². The lowest BCUT2D eigenvalue weighted by molar-refractivity contribution is 0.0783. The second kappa shape index (κ2) is 8.66. The molecule has 0 saturated heterocycles. The number of hydrogen-bond acceptors (Lipinski definition) is 5. The lowest BCUT2D eigenvalue weighted by atomic mass is 9.75. The molecule has 0 atom stereocenters. The molecule has 1 amide bonds. The second-order valence-electron chi connectivity index (χ2n) is 8.80. The van der Waals surface area contributed by atoms with Crippen LogP contribution in [0.5, 0.6) is 11.5 Å². The zero-order chi connectivity index (χ0) is 24.7. The number of nitrogens with zero attached hydrogens (tertiary/aromatic N) is 4. The van der Waals surface area contributed by atoms with Gasteiger partial charge in [-0.25, -0.2) is 4.90 Å². The van der Waals surface area contributed by atoms with Gasteiger partial charge >= 0.3 is 0 Å². The summed E-state index contributed by atoms with van der Waals surface area (Å²) in [5, 5.41) is 10.3. The van der Waals surface area contributed by atoms with Crippen molar-refractivity contribution in [2.75, 3.05) is 36.0 Å². The molecule has 0 unspecified atom stereocenters. The molecule has 0 aliphatic carbocycles. The van der Waals surface area contributed by atoms with E-state index in [1.807, 2.05) is 42.5 Å². The number of anilines is 2. The van der Waals surface area contributed by atoms with Crippen molar-refractivity contribution >= 4 is 17.3 Å². The van der Waals surface area contributed by atoms with Crippen LogP contribution < -0.4 is 14.5 Å². The fraction of sp³-hybridized carbons (Fsp3) is 0.310. The predicted octanol–water partition coefficient (Wildman–Crippen LogP) is 5.71. The predicted molar refractivity (Wildman–Crippen MR) is 138 cm³/mol. The third-order valence-electron chi connectivity index (χ3n) is 7.37. The molecule has 178 valence electrons. The minimum atomic E-state index is -1.07. The third-order valence-corrected chi connectivity index (χ3v) is 7.37. The van der Waals surface area contributed by atoms with Crippen LogP contribution in [0, 0.1) is 11.5 Å². The van der Waals surface area contributed by atoms with Gasteiger partial charge in [0, 0.05) is 71.9 Å². The summed E-state index contributed by atoms with van der Waals surface area (Å²) in [5.74, 6) is 1.05. The molecule has 0 aromatic heterocycles. The zero-order valence-electron chi connectivity index (χ0n) is 20.7. The number of nitriles is 1. The zero-order valence-corrected chi connectivity index (χ0v) is 20.7. The summed E-state index contributed by atoms with van der Waals surface area (Å²) in [6.45, 7) is 12.0. The van der Waals surface area contributed by atoms with Gasteiger partial charge in [-0.1, -0.05) is 30.3 Å². The Morgan fingerprint density at radius 3 is 1.80 bits per heavy atom. The summed E-state index contributed by atoms with van der Waals surface area (Å²) in [7, 11) is 0. The maximum absolute atomic E-state index is 13.5. The molecular weight excluding hydrogens is 436 g/mol. The average Bonchev–Trinajstić information content (AvgIpc) is 3.14. The molecule has 3 aromatic carbocycles. The number of rotatable bonds is 6. The van der Waals surface area contributed by atoms with Gasteiger partial charge in [0.05, 0.1) is 0 Å². The molecule has 35 heavy (non-hydrogen) atoms. The van der Waals surface area contributed by atoms with Gasteiger partial charge in [0.2, 0.25) is 0 Å². The van der Waals surface area contributed by atoms with Crippen molar-refractivity contribution < 1.29 is 9.53 Å². The maximum Gasteiger partial charge on any atom is 0.268 e. The highest BCUT2D eigenvalue weighted by molar-refractivity contribution is 6.03. The van der Waals surface area contributed by atoms with Gasteiger partial charge in [0.25, 0.3) is 5.91 Å². The first-order valence-electron chi connectivity index (χ1n) is 12.4. The van der Waals surface area contributed by atoms with E-state index in [0.29, 0.717) is 17.1 Å². The van der Waals surface area contributed by atoms with Crippen molar-refractivity contribution in [1.29, 1.82) is 5.26 Å². The Labute approximate surface area is 206 Å². The fourth-order valence-electron chi connectivity index (χ4n) is 5.65. The normalized spacial score (nSPS) is 14.6. The number of benzene rings is 3. The molecule has 0 bridgehead atoms. The molecule has 0 saturated carbocycles. The van der Waals surface area contributed by atoms with E-state index in [1.54, 1.807) is 6.07 Å². The molecule has 2 aliphatic rings. The molecular formula is C29H30N4O2. The van der Waals surface area contributed by atoms with E-state index in [2.05, 4.69) is 55.8 Å². The van der Waals surface area contributed by atoms with E-state index in [0.717, 1.165) is 54.2 Å². The Kier molecular flexibility index (Phi) is 5.64. The number of amides is 1. The number of ether oxygens (including phenoxy) is 1. The van der Waals surface area contributed by atoms with Gasteiger partial charge < -0.3 is 14.5 Å². The van der Waals surface area contributed by atoms with Crippen LogP contribution in [-0.2, 0) is 5.54 Å². The Bertz CT molecular complexity index is 1270. The number of carbonyl (C=O) groups is 1. The highest BCUT2D eigenvalue weighted by atomic mass is 16.5. The van der Waals surface area contributed by atoms with E-state index in [-0.39, 0.29) is 5.91 Å². The smallest absolute Gasteiger partial charge is 0.268 e. The standard InChI is InChI=1S/C29H30N4O2/c1-5-31(6-2)20-13-15-24-26(17-20)35-27-18-21(32(7-3)8-4)14-16-25(27)29(24)23-12-10-9-11-22(23)28(34)33(29)19-30/h9-18H,5-8H2,1-4H3. The Hall–Kier alpha value is -3.98. The summed E-state index contributed by atoms with van der Waals surface area (Å²) in [4.78, 5) is 19.3. The van der Waals surface area contributed by atoms with Crippen molar-refractivity contribution in [1.82, 2.24) is 4.90 Å². The lowest BCUT2D eigenvalue weighted by Crippen LogP contribution is -2.44. The minimum absolute atomic E-state index is 0.289. The molecule has 0 radical (unpaired) electrons. The van der Waals surface area contributed by atoms with Crippen LogP contribution in [-0.4, -0.2) is 37.0 Å². The van der Waals surface area contributed by atoms with Crippen LogP contribution in [0.1, 0.15) is 54.7 Å². The molecule has 0 fully saturated rings. The summed E-state index contributed by atoms with van der Waals surface area (Å²) in [5.41, 5.74) is 3.99. The van der Waals surface area contributed by atoms with Crippen molar-refractivity contribution in [3.8, 4) is 17.7 Å². The van der Waals surface area contributed by atoms with Crippen molar-refractivity contribution in [2.45, 2.75) is 33.2 Å². The van der Waals surface area contributed by atoms with Crippen LogP contribution in [0.25, 0.3) is 0 Å². The molecule has 2 aliphatic heterocycles. The lowest BCUT2D eigenvalue weighted by Gasteiger charge is -2.41. The molecule has 6 heteroatoms. The molecule has 0 N–H and O–H groups in total. The van der Waals surface area contributed by atoms with Crippen molar-refractivity contribution in [3.05, 3.63) is 82.9 Å². The minimum Gasteiger partial charge on any atom is -0.456 e. The SMILES string of the molecule is CCN(CC)c1ccc2c(c1)Oc1cc(N(CC)CC)ccc1C21c2ccccc2C(=O)N1C#N. The molecule has 5 rings (SSSR count). The summed E-state index contributed by atoms with van der Waals surface area (Å²) in [6.07, 6.45) is 2.23. The molecule has 3 aromatic rings. The first-order valence-corrected chi connectivity index (χ1v) is 12.4. The van der Waals surface area contributed by atoms with E-state index in [1.165, 1.54) is 4.90 Å². The van der Waals surface area contributed by atoms with E-state index in [9.17, 15) is 10.1 Å². The third kappa shape index (κ3) is 3.11. The van der Waals surface area contributed by atoms with Crippen LogP contribution in [0.15, 0.2) is 60.7 Å². The van der Waals surface area contributed by atoms with Crippen molar-refractivity contribution in [3.63, 3.8) is 0 Å². The van der Waals surface area contributed by atoms with E-state index >= 15 is 0 Å². The van der Waals surface area contributed by atoms with Gasteiger partial charge in [-0.3, -0.25) is 4.79 Å². The van der Waals surface area contributed by atoms with Crippen molar-refractivity contribution in [2.24, 2.45) is 0 Å². The van der Waals surface area contributed by atoms with Gasteiger partial charge in [0.1, 0.15) is 17.0 Å². The Morgan fingerprint density at radius 1 is 0.800 bits per heavy atom. The van der Waals surface area contributed by atoms with Crippen LogP contribution in [0.4, 0.5) is 11.4 Å². The first-order chi connectivity index (χ1) is 17.0. The molecule has 1 spiro atoms. The highest BCUT2D eigenvalue weighted by Crippen LogP contribution is 2.58. The maximum atomic E-state index is 13.5. The highest BCUT2D eigenvalue weighted by Gasteiger charge is 2.57. The largest absolute Gasteiger partial charge is 0.456 e. The summed E-state index contributed by atoms with van der Waals surface area (Å²) < 4.78 is 6.57. The first kappa shape index (κ1) is 22.8. The Morgan fingerprint density at radius 2 is 1.31 bits per heavy atom.